The summed E-state index contributed by atoms with van der Waals surface area (Å²) in [6, 6.07) is 11.9. The van der Waals surface area contributed by atoms with Crippen LogP contribution in [0.25, 0.3) is 0 Å². The Bertz CT molecular complexity index is 1150. The van der Waals surface area contributed by atoms with Gasteiger partial charge in [0.25, 0.3) is 5.91 Å². The van der Waals surface area contributed by atoms with Crippen LogP contribution in [-0.2, 0) is 11.2 Å². The standard InChI is InChI=1S/C25H26FN3O3S/c1-17-15-27(10-11-29(17)25(31)21-6-3-12-32-21)23(30)16-28-9-7-22-20(8-13-33-22)24(28)18-4-2-5-19(26)14-18/h2-6,8,12-14,17,24H,7,9-11,15-16H2,1H3/t17-,24-/m1/s1. The van der Waals surface area contributed by atoms with E-state index in [0.717, 1.165) is 24.1 Å². The Balaban J connectivity index is 1.29. The van der Waals surface area contributed by atoms with Gasteiger partial charge in [0.15, 0.2) is 5.76 Å². The number of halogens is 1. The summed E-state index contributed by atoms with van der Waals surface area (Å²) >= 11 is 1.72. The molecule has 33 heavy (non-hydrogen) atoms. The van der Waals surface area contributed by atoms with E-state index in [-0.39, 0.29) is 36.3 Å². The maximum Gasteiger partial charge on any atom is 0.289 e. The van der Waals surface area contributed by atoms with Gasteiger partial charge in [0, 0.05) is 37.1 Å². The molecule has 0 bridgehead atoms. The van der Waals surface area contributed by atoms with Crippen LogP contribution in [-0.4, -0.2) is 65.3 Å². The third-order valence-corrected chi connectivity index (χ3v) is 7.54. The van der Waals surface area contributed by atoms with Crippen LogP contribution in [0, 0.1) is 5.82 Å². The number of carbonyl (C=O) groups is 2. The minimum Gasteiger partial charge on any atom is -0.459 e. The van der Waals surface area contributed by atoms with E-state index in [1.807, 2.05) is 17.9 Å². The van der Waals surface area contributed by atoms with Gasteiger partial charge in [-0.3, -0.25) is 14.5 Å². The van der Waals surface area contributed by atoms with Gasteiger partial charge >= 0.3 is 0 Å². The smallest absolute Gasteiger partial charge is 0.289 e. The van der Waals surface area contributed by atoms with E-state index in [4.69, 9.17) is 4.42 Å². The number of amides is 2. The Morgan fingerprint density at radius 3 is 2.79 bits per heavy atom. The first-order valence-electron chi connectivity index (χ1n) is 11.2. The van der Waals surface area contributed by atoms with Crippen molar-refractivity contribution < 1.29 is 18.4 Å². The first-order chi connectivity index (χ1) is 16.0. The molecule has 2 atom stereocenters. The zero-order chi connectivity index (χ0) is 22.9. The molecule has 172 valence electrons. The summed E-state index contributed by atoms with van der Waals surface area (Å²) in [5.41, 5.74) is 2.02. The van der Waals surface area contributed by atoms with Crippen LogP contribution in [0.4, 0.5) is 4.39 Å². The van der Waals surface area contributed by atoms with Crippen LogP contribution in [0.5, 0.6) is 0 Å². The van der Waals surface area contributed by atoms with Crippen molar-refractivity contribution in [3.05, 3.63) is 81.7 Å². The molecule has 2 aliphatic heterocycles. The molecule has 0 unspecified atom stereocenters. The van der Waals surface area contributed by atoms with E-state index in [9.17, 15) is 14.0 Å². The van der Waals surface area contributed by atoms with Crippen molar-refractivity contribution in [2.45, 2.75) is 25.4 Å². The Hall–Kier alpha value is -2.97. The molecule has 8 heteroatoms. The number of fused-ring (bicyclic) bond motifs is 1. The number of hydrogen-bond donors (Lipinski definition) is 0. The molecule has 1 fully saturated rings. The molecule has 0 radical (unpaired) electrons. The molecule has 2 aromatic heterocycles. The summed E-state index contributed by atoms with van der Waals surface area (Å²) < 4.78 is 19.3. The van der Waals surface area contributed by atoms with Gasteiger partial charge in [-0.05, 0) is 60.2 Å². The zero-order valence-electron chi connectivity index (χ0n) is 18.4. The van der Waals surface area contributed by atoms with E-state index in [1.54, 1.807) is 40.5 Å². The topological polar surface area (TPSA) is 57.0 Å². The van der Waals surface area contributed by atoms with Crippen molar-refractivity contribution in [1.82, 2.24) is 14.7 Å². The van der Waals surface area contributed by atoms with E-state index in [0.29, 0.717) is 25.4 Å². The van der Waals surface area contributed by atoms with Crippen LogP contribution < -0.4 is 0 Å². The first kappa shape index (κ1) is 21.9. The lowest BCUT2D eigenvalue weighted by molar-refractivity contribution is -0.135. The second-order valence-electron chi connectivity index (χ2n) is 8.64. The van der Waals surface area contributed by atoms with Crippen LogP contribution >= 0.6 is 11.3 Å². The molecule has 1 aromatic carbocycles. The Morgan fingerprint density at radius 1 is 1.15 bits per heavy atom. The van der Waals surface area contributed by atoms with Crippen LogP contribution in [0.1, 0.15) is 39.5 Å². The normalized spacial score (nSPS) is 21.2. The van der Waals surface area contributed by atoms with E-state index in [1.165, 1.54) is 17.2 Å². The average molecular weight is 468 g/mol. The summed E-state index contributed by atoms with van der Waals surface area (Å²) in [6.07, 6.45) is 2.37. The highest BCUT2D eigenvalue weighted by molar-refractivity contribution is 7.10. The largest absolute Gasteiger partial charge is 0.459 e. The average Bonchev–Trinajstić information content (AvgIpc) is 3.50. The highest BCUT2D eigenvalue weighted by Crippen LogP contribution is 2.37. The number of benzene rings is 1. The molecular weight excluding hydrogens is 441 g/mol. The summed E-state index contributed by atoms with van der Waals surface area (Å²) in [7, 11) is 0. The first-order valence-corrected chi connectivity index (χ1v) is 12.1. The van der Waals surface area contributed by atoms with E-state index < -0.39 is 0 Å². The molecule has 1 saturated heterocycles. The van der Waals surface area contributed by atoms with Gasteiger partial charge in [-0.15, -0.1) is 11.3 Å². The molecule has 0 spiro atoms. The highest BCUT2D eigenvalue weighted by Gasteiger charge is 2.35. The second kappa shape index (κ2) is 9.11. The summed E-state index contributed by atoms with van der Waals surface area (Å²) in [4.78, 5) is 33.0. The Morgan fingerprint density at radius 2 is 2.03 bits per heavy atom. The number of nitrogens with zero attached hydrogens (tertiary/aromatic N) is 3. The molecular formula is C25H26FN3O3S. The van der Waals surface area contributed by atoms with Gasteiger partial charge in [0.1, 0.15) is 5.82 Å². The molecule has 0 saturated carbocycles. The molecule has 3 aromatic rings. The lowest BCUT2D eigenvalue weighted by Crippen LogP contribution is -2.57. The minimum absolute atomic E-state index is 0.0343. The van der Waals surface area contributed by atoms with Gasteiger partial charge in [0.2, 0.25) is 5.91 Å². The summed E-state index contributed by atoms with van der Waals surface area (Å²) in [5, 5.41) is 2.07. The second-order valence-corrected chi connectivity index (χ2v) is 9.64. The summed E-state index contributed by atoms with van der Waals surface area (Å²) in [5.74, 6) is -0.0643. The number of thiophene rings is 1. The third-order valence-electron chi connectivity index (χ3n) is 6.54. The number of rotatable bonds is 4. The fraction of sp³-hybridized carbons (Fsp3) is 0.360. The van der Waals surface area contributed by atoms with E-state index >= 15 is 0 Å². The van der Waals surface area contributed by atoms with Crippen LogP contribution in [0.3, 0.4) is 0 Å². The predicted molar refractivity (Wildman–Crippen MR) is 124 cm³/mol. The lowest BCUT2D eigenvalue weighted by Gasteiger charge is -2.41. The minimum atomic E-state index is -0.271. The lowest BCUT2D eigenvalue weighted by atomic mass is 9.93. The molecule has 0 N–H and O–H groups in total. The maximum absolute atomic E-state index is 14.0. The van der Waals surface area contributed by atoms with Crippen molar-refractivity contribution in [2.75, 3.05) is 32.7 Å². The predicted octanol–water partition coefficient (Wildman–Crippen LogP) is 3.80. The number of piperazine rings is 1. The molecule has 2 amide bonds. The summed E-state index contributed by atoms with van der Waals surface area (Å²) in [6.45, 7) is 4.39. The fourth-order valence-corrected chi connectivity index (χ4v) is 5.81. The van der Waals surface area contributed by atoms with Crippen molar-refractivity contribution in [1.29, 1.82) is 0 Å². The molecule has 0 aliphatic carbocycles. The van der Waals surface area contributed by atoms with Gasteiger partial charge in [-0.25, -0.2) is 4.39 Å². The van der Waals surface area contributed by atoms with Crippen LogP contribution in [0.2, 0.25) is 0 Å². The SMILES string of the molecule is C[C@@H]1CN(C(=O)CN2CCc3sccc3[C@H]2c2cccc(F)c2)CCN1C(=O)c1ccco1. The monoisotopic (exact) mass is 467 g/mol. The van der Waals surface area contributed by atoms with Gasteiger partial charge in [-0.1, -0.05) is 12.1 Å². The fourth-order valence-electron chi connectivity index (χ4n) is 4.91. The Kier molecular flexibility index (Phi) is 6.03. The third kappa shape index (κ3) is 4.32. The maximum atomic E-state index is 14.0. The van der Waals surface area contributed by atoms with Crippen molar-refractivity contribution >= 4 is 23.2 Å². The van der Waals surface area contributed by atoms with Gasteiger partial charge in [0.05, 0.1) is 18.8 Å². The number of carbonyl (C=O) groups excluding carboxylic acids is 2. The molecule has 6 nitrogen and oxygen atoms in total. The quantitative estimate of drug-likeness (QED) is 0.586. The van der Waals surface area contributed by atoms with E-state index in [2.05, 4.69) is 16.3 Å². The van der Waals surface area contributed by atoms with Gasteiger partial charge < -0.3 is 14.2 Å². The van der Waals surface area contributed by atoms with Crippen LogP contribution in [0.15, 0.2) is 58.5 Å². The number of hydrogen-bond acceptors (Lipinski definition) is 5. The van der Waals surface area contributed by atoms with Crippen molar-refractivity contribution in [2.24, 2.45) is 0 Å². The van der Waals surface area contributed by atoms with Crippen molar-refractivity contribution in [3.63, 3.8) is 0 Å². The molecule has 4 heterocycles. The highest BCUT2D eigenvalue weighted by atomic mass is 32.1. The van der Waals surface area contributed by atoms with Gasteiger partial charge in [-0.2, -0.15) is 0 Å². The molecule has 5 rings (SSSR count). The Labute approximate surface area is 196 Å². The van der Waals surface area contributed by atoms with Crippen molar-refractivity contribution in [3.8, 4) is 0 Å². The molecule has 2 aliphatic rings. The number of furan rings is 1. The zero-order valence-corrected chi connectivity index (χ0v) is 19.3.